The normalized spacial score (nSPS) is 14.5. The molecule has 5 nitrogen and oxygen atoms in total. The predicted molar refractivity (Wildman–Crippen MR) is 111 cm³/mol. The highest BCUT2D eigenvalue weighted by Crippen LogP contribution is 2.30. The molecule has 1 aliphatic heterocycles. The zero-order chi connectivity index (χ0) is 21.3. The molecule has 3 N–H and O–H groups in total. The molecule has 1 aliphatic rings. The number of halogens is 3. The van der Waals surface area contributed by atoms with E-state index in [0.29, 0.717) is 18.3 Å². The van der Waals surface area contributed by atoms with Crippen molar-refractivity contribution in [3.8, 4) is 11.3 Å². The summed E-state index contributed by atoms with van der Waals surface area (Å²) in [7, 11) is 0. The monoisotopic (exact) mass is 417 g/mol. The van der Waals surface area contributed by atoms with Gasteiger partial charge in [-0.2, -0.15) is 0 Å². The number of nitrogen functional groups attached to an aromatic ring is 1. The van der Waals surface area contributed by atoms with Gasteiger partial charge < -0.3 is 20.4 Å². The van der Waals surface area contributed by atoms with Gasteiger partial charge >= 0.3 is 0 Å². The molecule has 0 amide bonds. The molecule has 30 heavy (non-hydrogen) atoms. The Bertz CT molecular complexity index is 1140. The minimum atomic E-state index is -1.05. The maximum Gasteiger partial charge on any atom is 0.195 e. The third-order valence-corrected chi connectivity index (χ3v) is 5.36. The van der Waals surface area contributed by atoms with Crippen LogP contribution in [0.1, 0.15) is 19.3 Å². The zero-order valence-corrected chi connectivity index (χ0v) is 16.3. The van der Waals surface area contributed by atoms with E-state index >= 15 is 0 Å². The average molecular weight is 417 g/mol. The van der Waals surface area contributed by atoms with Gasteiger partial charge in [0.25, 0.3) is 0 Å². The van der Waals surface area contributed by atoms with Crippen LogP contribution in [0.3, 0.4) is 0 Å². The summed E-state index contributed by atoms with van der Waals surface area (Å²) in [5, 5.41) is 2.70. The van der Waals surface area contributed by atoms with Crippen LogP contribution in [0.15, 0.2) is 39.5 Å². The molecular weight excluding hydrogens is 395 g/mol. The number of benzene rings is 2. The van der Waals surface area contributed by atoms with Crippen molar-refractivity contribution >= 4 is 22.3 Å². The van der Waals surface area contributed by atoms with Crippen molar-refractivity contribution in [2.45, 2.75) is 19.3 Å². The van der Waals surface area contributed by atoms with E-state index in [0.717, 1.165) is 32.1 Å². The van der Waals surface area contributed by atoms with Crippen LogP contribution in [-0.4, -0.2) is 31.1 Å². The van der Waals surface area contributed by atoms with Crippen molar-refractivity contribution in [1.82, 2.24) is 4.90 Å². The number of rotatable bonds is 6. The van der Waals surface area contributed by atoms with Gasteiger partial charge in [0.1, 0.15) is 17.4 Å². The molecule has 158 valence electrons. The number of nitrogens with one attached hydrogen (secondary N) is 1. The van der Waals surface area contributed by atoms with Crippen molar-refractivity contribution in [2.75, 3.05) is 37.2 Å². The van der Waals surface area contributed by atoms with E-state index in [4.69, 9.17) is 10.2 Å². The third-order valence-electron chi connectivity index (χ3n) is 5.36. The summed E-state index contributed by atoms with van der Waals surface area (Å²) in [6.07, 6.45) is 3.37. The number of likely N-dealkylation sites (tertiary alicyclic amines) is 1. The van der Waals surface area contributed by atoms with Crippen LogP contribution in [0.25, 0.3) is 22.3 Å². The lowest BCUT2D eigenvalue weighted by atomic mass is 10.1. The summed E-state index contributed by atoms with van der Waals surface area (Å²) in [4.78, 5) is 14.7. The fraction of sp³-hybridized carbons (Fsp3) is 0.318. The highest BCUT2D eigenvalue weighted by molar-refractivity contribution is 5.90. The van der Waals surface area contributed by atoms with Crippen LogP contribution in [0, 0.1) is 17.5 Å². The van der Waals surface area contributed by atoms with Gasteiger partial charge in [-0.1, -0.05) is 0 Å². The van der Waals surface area contributed by atoms with Gasteiger partial charge in [0, 0.05) is 24.2 Å². The van der Waals surface area contributed by atoms with E-state index in [-0.39, 0.29) is 16.7 Å². The van der Waals surface area contributed by atoms with Gasteiger partial charge in [-0.15, -0.1) is 0 Å². The molecule has 1 fully saturated rings. The smallest absolute Gasteiger partial charge is 0.195 e. The van der Waals surface area contributed by atoms with Crippen molar-refractivity contribution in [3.05, 3.63) is 58.0 Å². The van der Waals surface area contributed by atoms with E-state index in [1.54, 1.807) is 12.1 Å². The SMILES string of the molecule is Nc1c(F)cc(F)c2oc(-c3ccc(NCCCN4CCCC4)c(F)c3)cc(=O)c12. The Morgan fingerprint density at radius 3 is 2.53 bits per heavy atom. The van der Waals surface area contributed by atoms with Gasteiger partial charge in [0.2, 0.25) is 0 Å². The first-order valence-electron chi connectivity index (χ1n) is 9.91. The van der Waals surface area contributed by atoms with Crippen LogP contribution in [-0.2, 0) is 0 Å². The molecule has 4 rings (SSSR count). The minimum absolute atomic E-state index is 0.0307. The second kappa shape index (κ2) is 8.39. The molecule has 0 unspecified atom stereocenters. The molecule has 3 aromatic rings. The van der Waals surface area contributed by atoms with Gasteiger partial charge in [0.15, 0.2) is 16.8 Å². The molecule has 2 aromatic carbocycles. The molecule has 0 radical (unpaired) electrons. The third kappa shape index (κ3) is 4.00. The van der Waals surface area contributed by atoms with Gasteiger partial charge in [-0.05, 0) is 57.1 Å². The first kappa shape index (κ1) is 20.3. The number of fused-ring (bicyclic) bond motifs is 1. The zero-order valence-electron chi connectivity index (χ0n) is 16.3. The molecule has 0 aliphatic carbocycles. The highest BCUT2D eigenvalue weighted by atomic mass is 19.1. The Balaban J connectivity index is 1.53. The summed E-state index contributed by atoms with van der Waals surface area (Å²) in [5.41, 5.74) is 4.50. The van der Waals surface area contributed by atoms with Crippen LogP contribution in [0.2, 0.25) is 0 Å². The Hall–Kier alpha value is -3.00. The lowest BCUT2D eigenvalue weighted by Gasteiger charge is -2.15. The Labute approximate surface area is 171 Å². The minimum Gasteiger partial charge on any atom is -0.453 e. The predicted octanol–water partition coefficient (Wildman–Crippen LogP) is 4.36. The first-order valence-corrected chi connectivity index (χ1v) is 9.91. The quantitative estimate of drug-likeness (QED) is 0.461. The van der Waals surface area contributed by atoms with Crippen LogP contribution < -0.4 is 16.5 Å². The van der Waals surface area contributed by atoms with Gasteiger partial charge in [0.05, 0.1) is 16.8 Å². The summed E-state index contributed by atoms with van der Waals surface area (Å²) < 4.78 is 47.7. The fourth-order valence-corrected chi connectivity index (χ4v) is 3.78. The largest absolute Gasteiger partial charge is 0.453 e. The number of hydrogen-bond donors (Lipinski definition) is 2. The number of anilines is 2. The molecule has 0 bridgehead atoms. The summed E-state index contributed by atoms with van der Waals surface area (Å²) in [5.74, 6) is -2.63. The van der Waals surface area contributed by atoms with Crippen molar-refractivity contribution in [2.24, 2.45) is 0 Å². The van der Waals surface area contributed by atoms with E-state index in [2.05, 4.69) is 10.2 Å². The Kier molecular flexibility index (Phi) is 5.67. The van der Waals surface area contributed by atoms with Crippen LogP contribution in [0.4, 0.5) is 24.5 Å². The second-order valence-electron chi connectivity index (χ2n) is 7.46. The van der Waals surface area contributed by atoms with Gasteiger partial charge in [-0.3, -0.25) is 4.79 Å². The maximum absolute atomic E-state index is 14.5. The van der Waals surface area contributed by atoms with Crippen molar-refractivity contribution in [1.29, 1.82) is 0 Å². The number of nitrogens with two attached hydrogens (primary N) is 1. The fourth-order valence-electron chi connectivity index (χ4n) is 3.78. The molecule has 8 heteroatoms. The molecule has 0 spiro atoms. The van der Waals surface area contributed by atoms with E-state index in [9.17, 15) is 18.0 Å². The van der Waals surface area contributed by atoms with Crippen molar-refractivity contribution < 1.29 is 17.6 Å². The lowest BCUT2D eigenvalue weighted by molar-refractivity contribution is 0.337. The van der Waals surface area contributed by atoms with Crippen LogP contribution >= 0.6 is 0 Å². The summed E-state index contributed by atoms with van der Waals surface area (Å²) >= 11 is 0. The lowest BCUT2D eigenvalue weighted by Crippen LogP contribution is -2.22. The standard InChI is InChI=1S/C22H22F3N3O2/c23-14-10-13(4-5-17(14)27-6-3-9-28-7-1-2-8-28)19-12-18(29)20-21(26)15(24)11-16(25)22(20)30-19/h4-5,10-12,27H,1-3,6-9,26H2. The topological polar surface area (TPSA) is 71.5 Å². The van der Waals surface area contributed by atoms with E-state index < -0.39 is 34.2 Å². The first-order chi connectivity index (χ1) is 14.4. The Morgan fingerprint density at radius 2 is 1.80 bits per heavy atom. The van der Waals surface area contributed by atoms with Crippen molar-refractivity contribution in [3.63, 3.8) is 0 Å². The average Bonchev–Trinajstić information content (AvgIpc) is 3.23. The molecule has 0 saturated carbocycles. The van der Waals surface area contributed by atoms with Crippen LogP contribution in [0.5, 0.6) is 0 Å². The molecule has 0 atom stereocenters. The maximum atomic E-state index is 14.5. The molecule has 1 aromatic heterocycles. The molecule has 1 saturated heterocycles. The Morgan fingerprint density at radius 1 is 1.03 bits per heavy atom. The summed E-state index contributed by atoms with van der Waals surface area (Å²) in [6, 6.07) is 5.92. The highest BCUT2D eigenvalue weighted by Gasteiger charge is 2.18. The second-order valence-corrected chi connectivity index (χ2v) is 7.46. The number of nitrogens with zero attached hydrogens (tertiary/aromatic N) is 1. The summed E-state index contributed by atoms with van der Waals surface area (Å²) in [6.45, 7) is 3.86. The van der Waals surface area contributed by atoms with Gasteiger partial charge in [-0.25, -0.2) is 13.2 Å². The number of hydrogen-bond acceptors (Lipinski definition) is 5. The van der Waals surface area contributed by atoms with E-state index in [1.165, 1.54) is 18.9 Å². The van der Waals surface area contributed by atoms with E-state index in [1.807, 2.05) is 0 Å². The molecule has 2 heterocycles. The molecular formula is C22H22F3N3O2.